The first-order valence-electron chi connectivity index (χ1n) is 14.8. The number of benzene rings is 3. The predicted octanol–water partition coefficient (Wildman–Crippen LogP) is 4.97. The van der Waals surface area contributed by atoms with E-state index in [0.717, 1.165) is 22.4 Å². The van der Waals surface area contributed by atoms with Crippen molar-refractivity contribution in [3.8, 4) is 23.0 Å². The molecule has 0 amide bonds. The second kappa shape index (κ2) is 14.3. The summed E-state index contributed by atoms with van der Waals surface area (Å²) in [5.41, 5.74) is 3.20. The molecule has 3 aromatic carbocycles. The highest BCUT2D eigenvalue weighted by molar-refractivity contribution is 7.07. The molecule has 9 nitrogen and oxygen atoms in total. The third-order valence-corrected chi connectivity index (χ3v) is 8.10. The van der Waals surface area contributed by atoms with Crippen molar-refractivity contribution in [3.63, 3.8) is 0 Å². The molecular weight excluding hydrogens is 592 g/mol. The summed E-state index contributed by atoms with van der Waals surface area (Å²) in [6.45, 7) is 8.79. The summed E-state index contributed by atoms with van der Waals surface area (Å²) >= 11 is 1.26. The number of thiazole rings is 1. The van der Waals surface area contributed by atoms with Gasteiger partial charge in [0, 0.05) is 0 Å². The van der Waals surface area contributed by atoms with E-state index in [1.165, 1.54) is 11.3 Å². The van der Waals surface area contributed by atoms with Crippen LogP contribution in [-0.4, -0.2) is 44.1 Å². The quantitative estimate of drug-likeness (QED) is 0.161. The molecular formula is C35H36N2O7S. The lowest BCUT2D eigenvalue weighted by atomic mass is 9.96. The highest BCUT2D eigenvalue weighted by Gasteiger charge is 2.33. The van der Waals surface area contributed by atoms with Crippen LogP contribution in [0, 0.1) is 6.92 Å². The predicted molar refractivity (Wildman–Crippen MR) is 173 cm³/mol. The van der Waals surface area contributed by atoms with E-state index in [1.54, 1.807) is 43.7 Å². The average Bonchev–Trinajstić information content (AvgIpc) is 3.33. The van der Waals surface area contributed by atoms with Crippen molar-refractivity contribution in [2.45, 2.75) is 33.7 Å². The number of rotatable bonds is 12. The largest absolute Gasteiger partial charge is 0.497 e. The zero-order chi connectivity index (χ0) is 31.9. The smallest absolute Gasteiger partial charge is 0.338 e. The Morgan fingerprint density at radius 3 is 2.40 bits per heavy atom. The summed E-state index contributed by atoms with van der Waals surface area (Å²) in [6, 6.07) is 20.0. The molecule has 0 saturated heterocycles. The first-order chi connectivity index (χ1) is 21.8. The lowest BCUT2D eigenvalue weighted by Crippen LogP contribution is -2.39. The molecule has 5 rings (SSSR count). The van der Waals surface area contributed by atoms with Gasteiger partial charge in [-0.25, -0.2) is 9.79 Å². The molecule has 0 unspecified atom stereocenters. The molecule has 0 spiro atoms. The molecule has 10 heteroatoms. The van der Waals surface area contributed by atoms with Crippen LogP contribution in [0.15, 0.2) is 87.8 Å². The Morgan fingerprint density at radius 2 is 1.69 bits per heavy atom. The van der Waals surface area contributed by atoms with Crippen molar-refractivity contribution in [2.24, 2.45) is 4.99 Å². The Kier molecular flexibility index (Phi) is 10.0. The Balaban J connectivity index is 1.46. The molecule has 0 radical (unpaired) electrons. The number of esters is 1. The van der Waals surface area contributed by atoms with Gasteiger partial charge < -0.3 is 23.7 Å². The Hall–Kier alpha value is -4.83. The summed E-state index contributed by atoms with van der Waals surface area (Å²) in [6.07, 6.45) is 1.80. The Morgan fingerprint density at radius 1 is 0.911 bits per heavy atom. The molecule has 4 aromatic rings. The van der Waals surface area contributed by atoms with Gasteiger partial charge in [0.25, 0.3) is 5.56 Å². The van der Waals surface area contributed by atoms with E-state index in [9.17, 15) is 9.59 Å². The van der Waals surface area contributed by atoms with E-state index in [4.69, 9.17) is 23.7 Å². The van der Waals surface area contributed by atoms with Gasteiger partial charge in [0.05, 0.1) is 42.2 Å². The van der Waals surface area contributed by atoms with Gasteiger partial charge in [-0.15, -0.1) is 0 Å². The fourth-order valence-corrected chi connectivity index (χ4v) is 6.11. The van der Waals surface area contributed by atoms with E-state index in [-0.39, 0.29) is 12.2 Å². The van der Waals surface area contributed by atoms with E-state index in [2.05, 4.69) is 4.99 Å². The number of aryl methyl sites for hydroxylation is 1. The number of fused-ring (bicyclic) bond motifs is 1. The Labute approximate surface area is 265 Å². The number of methoxy groups -OCH3 is 1. The van der Waals surface area contributed by atoms with Crippen molar-refractivity contribution in [1.29, 1.82) is 0 Å². The highest BCUT2D eigenvalue weighted by Crippen LogP contribution is 2.32. The third kappa shape index (κ3) is 7.12. The second-order valence-electron chi connectivity index (χ2n) is 10.2. The van der Waals surface area contributed by atoms with Gasteiger partial charge in [0.15, 0.2) is 16.3 Å². The van der Waals surface area contributed by atoms with E-state index >= 15 is 0 Å². The SMILES string of the molecule is CCOC(=O)C1=C(C)N=c2s/c(=C\c3ccc(OCCOc4cccc(C)c4)c(OCC)c3)c(=O)n2[C@@H]1c1ccc(OC)cc1. The summed E-state index contributed by atoms with van der Waals surface area (Å²) in [5, 5.41) is 0. The van der Waals surface area contributed by atoms with E-state index in [1.807, 2.05) is 68.4 Å². The molecule has 0 N–H and O–H groups in total. The van der Waals surface area contributed by atoms with E-state index in [0.29, 0.717) is 57.7 Å². The number of hydrogen-bond donors (Lipinski definition) is 0. The van der Waals surface area contributed by atoms with Gasteiger partial charge in [-0.05, 0) is 86.9 Å². The topological polar surface area (TPSA) is 97.6 Å². The van der Waals surface area contributed by atoms with Crippen molar-refractivity contribution >= 4 is 23.4 Å². The van der Waals surface area contributed by atoms with Crippen LogP contribution in [-0.2, 0) is 9.53 Å². The molecule has 0 bridgehead atoms. The zero-order valence-electron chi connectivity index (χ0n) is 26.0. The molecule has 1 atom stereocenters. The van der Waals surface area contributed by atoms with Crippen molar-refractivity contribution < 1.29 is 28.5 Å². The summed E-state index contributed by atoms with van der Waals surface area (Å²) in [5.74, 6) is 2.10. The van der Waals surface area contributed by atoms with Crippen molar-refractivity contribution in [3.05, 3.63) is 114 Å². The minimum Gasteiger partial charge on any atom is -0.497 e. The van der Waals surface area contributed by atoms with Gasteiger partial charge in [0.1, 0.15) is 24.7 Å². The maximum absolute atomic E-state index is 14.0. The van der Waals surface area contributed by atoms with Gasteiger partial charge in [-0.2, -0.15) is 0 Å². The van der Waals surface area contributed by atoms with Crippen LogP contribution in [0.4, 0.5) is 0 Å². The average molecular weight is 629 g/mol. The standard InChI is InChI=1S/C35H36N2O7S/c1-6-41-29-20-24(11-16-28(29)44-18-17-43-27-10-8-9-22(3)19-27)21-30-33(38)37-32(25-12-14-26(40-5)15-13-25)31(34(39)42-7-2)23(4)36-35(37)45-30/h8-16,19-21,32H,6-7,17-18H2,1-5H3/b30-21-/t32-/m1/s1. The molecule has 0 saturated carbocycles. The van der Waals surface area contributed by atoms with Gasteiger partial charge in [-0.3, -0.25) is 9.36 Å². The number of aromatic nitrogens is 1. The van der Waals surface area contributed by atoms with Crippen LogP contribution in [0.1, 0.15) is 43.5 Å². The zero-order valence-corrected chi connectivity index (χ0v) is 26.8. The minimum atomic E-state index is -0.704. The van der Waals surface area contributed by atoms with Gasteiger partial charge >= 0.3 is 5.97 Å². The number of carbonyl (C=O) groups is 1. The fourth-order valence-electron chi connectivity index (χ4n) is 5.06. The van der Waals surface area contributed by atoms with Crippen LogP contribution in [0.5, 0.6) is 23.0 Å². The van der Waals surface area contributed by atoms with Crippen LogP contribution in [0.2, 0.25) is 0 Å². The van der Waals surface area contributed by atoms with Crippen LogP contribution >= 0.6 is 11.3 Å². The van der Waals surface area contributed by atoms with Crippen molar-refractivity contribution in [2.75, 3.05) is 33.5 Å². The lowest BCUT2D eigenvalue weighted by molar-refractivity contribution is -0.139. The third-order valence-electron chi connectivity index (χ3n) is 7.11. The normalized spacial score (nSPS) is 14.4. The molecule has 1 aromatic heterocycles. The Bertz CT molecular complexity index is 1890. The molecule has 234 valence electrons. The number of nitrogens with zero attached hydrogens (tertiary/aromatic N) is 2. The van der Waals surface area contributed by atoms with Crippen LogP contribution < -0.4 is 33.8 Å². The highest BCUT2D eigenvalue weighted by atomic mass is 32.1. The first kappa shape index (κ1) is 31.6. The maximum atomic E-state index is 14.0. The maximum Gasteiger partial charge on any atom is 0.338 e. The number of ether oxygens (including phenoxy) is 5. The number of carbonyl (C=O) groups excluding carboxylic acids is 1. The molecule has 0 fully saturated rings. The van der Waals surface area contributed by atoms with Gasteiger partial charge in [-0.1, -0.05) is 41.7 Å². The van der Waals surface area contributed by atoms with Crippen molar-refractivity contribution in [1.82, 2.24) is 4.57 Å². The molecule has 45 heavy (non-hydrogen) atoms. The molecule has 0 aliphatic carbocycles. The van der Waals surface area contributed by atoms with E-state index < -0.39 is 12.0 Å². The van der Waals surface area contributed by atoms with Crippen LogP contribution in [0.25, 0.3) is 6.08 Å². The summed E-state index contributed by atoms with van der Waals surface area (Å²) in [4.78, 5) is 32.2. The molecule has 1 aliphatic heterocycles. The summed E-state index contributed by atoms with van der Waals surface area (Å²) < 4.78 is 30.4. The number of allylic oxidation sites excluding steroid dienone is 1. The summed E-state index contributed by atoms with van der Waals surface area (Å²) in [7, 11) is 1.59. The van der Waals surface area contributed by atoms with Gasteiger partial charge in [0.2, 0.25) is 0 Å². The molecule has 1 aliphatic rings. The molecule has 2 heterocycles. The minimum absolute atomic E-state index is 0.205. The fraction of sp³-hybridized carbons (Fsp3) is 0.286. The second-order valence-corrected chi connectivity index (χ2v) is 11.2. The first-order valence-corrected chi connectivity index (χ1v) is 15.6. The number of hydrogen-bond acceptors (Lipinski definition) is 9. The lowest BCUT2D eigenvalue weighted by Gasteiger charge is -2.24. The monoisotopic (exact) mass is 628 g/mol. The van der Waals surface area contributed by atoms with Crippen LogP contribution in [0.3, 0.4) is 0 Å².